The molecule has 2 N–H and O–H groups in total. The number of benzene rings is 3. The minimum Gasteiger partial charge on any atom is -0.495 e. The van der Waals surface area contributed by atoms with Gasteiger partial charge in [-0.15, -0.1) is 0 Å². The van der Waals surface area contributed by atoms with Crippen LogP contribution in [-0.2, 0) is 16.2 Å². The summed E-state index contributed by atoms with van der Waals surface area (Å²) in [4.78, 5) is 38.5. The molecule has 1 heterocycles. The average Bonchev–Trinajstić information content (AvgIpc) is 3.12. The molecule has 4 rings (SSSR count). The fraction of sp³-hybridized carbons (Fsp3) is 0.115. The van der Waals surface area contributed by atoms with Crippen LogP contribution in [0.15, 0.2) is 78.5 Å². The van der Waals surface area contributed by atoms with Crippen LogP contribution in [0, 0.1) is 5.82 Å². The summed E-state index contributed by atoms with van der Waals surface area (Å²) >= 11 is 0. The van der Waals surface area contributed by atoms with Crippen molar-refractivity contribution in [1.82, 2.24) is 10.2 Å². The number of ether oxygens (including phenoxy) is 2. The van der Waals surface area contributed by atoms with E-state index in [1.807, 2.05) is 0 Å². The lowest BCUT2D eigenvalue weighted by Crippen LogP contribution is -2.38. The SMILES string of the molecule is COc1ccccc1NC(=O)CN1C(=O)N/C(=C/c2ccccc2OCc2ccccc2F)C1=O. The molecular formula is C26H22FN3O5. The number of hydrogen-bond donors (Lipinski definition) is 2. The molecule has 4 amide bonds. The fourth-order valence-electron chi connectivity index (χ4n) is 3.45. The van der Waals surface area contributed by atoms with E-state index in [0.717, 1.165) is 4.90 Å². The summed E-state index contributed by atoms with van der Waals surface area (Å²) in [6, 6.07) is 19.2. The van der Waals surface area contributed by atoms with Crippen molar-refractivity contribution < 1.29 is 28.2 Å². The molecule has 3 aromatic rings. The maximum atomic E-state index is 13.9. The number of nitrogens with one attached hydrogen (secondary N) is 2. The number of rotatable bonds is 8. The Kier molecular flexibility index (Phi) is 7.06. The van der Waals surface area contributed by atoms with Crippen LogP contribution >= 0.6 is 0 Å². The van der Waals surface area contributed by atoms with E-state index in [-0.39, 0.29) is 18.1 Å². The smallest absolute Gasteiger partial charge is 0.329 e. The van der Waals surface area contributed by atoms with Crippen LogP contribution < -0.4 is 20.1 Å². The van der Waals surface area contributed by atoms with E-state index in [9.17, 15) is 18.8 Å². The molecule has 1 aliphatic rings. The first kappa shape index (κ1) is 23.5. The maximum Gasteiger partial charge on any atom is 0.329 e. The van der Waals surface area contributed by atoms with Crippen molar-refractivity contribution in [2.45, 2.75) is 6.61 Å². The Labute approximate surface area is 201 Å². The highest BCUT2D eigenvalue weighted by Crippen LogP contribution is 2.25. The summed E-state index contributed by atoms with van der Waals surface area (Å²) in [6.45, 7) is -0.492. The second-order valence-corrected chi connectivity index (χ2v) is 7.55. The third-order valence-electron chi connectivity index (χ3n) is 5.20. The third-order valence-corrected chi connectivity index (χ3v) is 5.20. The highest BCUT2D eigenvalue weighted by molar-refractivity contribution is 6.16. The molecule has 1 saturated heterocycles. The van der Waals surface area contributed by atoms with Crippen LogP contribution in [0.4, 0.5) is 14.9 Å². The molecular weight excluding hydrogens is 453 g/mol. The minimum absolute atomic E-state index is 0.0115. The first-order valence-corrected chi connectivity index (χ1v) is 10.7. The first-order valence-electron chi connectivity index (χ1n) is 10.7. The predicted molar refractivity (Wildman–Crippen MR) is 127 cm³/mol. The lowest BCUT2D eigenvalue weighted by molar-refractivity contribution is -0.127. The van der Waals surface area contributed by atoms with Crippen molar-refractivity contribution in [1.29, 1.82) is 0 Å². The van der Waals surface area contributed by atoms with Crippen LogP contribution in [0.25, 0.3) is 6.08 Å². The molecule has 0 spiro atoms. The topological polar surface area (TPSA) is 97.0 Å². The molecule has 1 aliphatic heterocycles. The minimum atomic E-state index is -0.721. The monoisotopic (exact) mass is 475 g/mol. The lowest BCUT2D eigenvalue weighted by atomic mass is 10.1. The second-order valence-electron chi connectivity index (χ2n) is 7.55. The number of halogens is 1. The van der Waals surface area contributed by atoms with Gasteiger partial charge in [-0.05, 0) is 30.3 Å². The van der Waals surface area contributed by atoms with E-state index in [2.05, 4.69) is 10.6 Å². The zero-order valence-electron chi connectivity index (χ0n) is 18.8. The van der Waals surface area contributed by atoms with Gasteiger partial charge in [-0.2, -0.15) is 0 Å². The third kappa shape index (κ3) is 5.47. The molecule has 3 aromatic carbocycles. The van der Waals surface area contributed by atoms with Gasteiger partial charge in [0.2, 0.25) is 5.91 Å². The molecule has 0 radical (unpaired) electrons. The molecule has 0 aromatic heterocycles. The quantitative estimate of drug-likeness (QED) is 0.380. The molecule has 35 heavy (non-hydrogen) atoms. The van der Waals surface area contributed by atoms with Crippen LogP contribution in [0.1, 0.15) is 11.1 Å². The molecule has 0 saturated carbocycles. The number of urea groups is 1. The molecule has 0 aliphatic carbocycles. The Morgan fingerprint density at radius 3 is 2.46 bits per heavy atom. The Morgan fingerprint density at radius 1 is 1.00 bits per heavy atom. The zero-order valence-corrected chi connectivity index (χ0v) is 18.8. The number of methoxy groups -OCH3 is 1. The predicted octanol–water partition coefficient (Wildman–Crippen LogP) is 3.94. The summed E-state index contributed by atoms with van der Waals surface area (Å²) in [6.07, 6.45) is 1.45. The highest BCUT2D eigenvalue weighted by atomic mass is 19.1. The molecule has 178 valence electrons. The maximum absolute atomic E-state index is 13.9. The Bertz CT molecular complexity index is 1310. The van der Waals surface area contributed by atoms with Gasteiger partial charge in [-0.3, -0.25) is 9.59 Å². The number of amides is 4. The van der Waals surface area contributed by atoms with Crippen LogP contribution in [0.3, 0.4) is 0 Å². The number of anilines is 1. The van der Waals surface area contributed by atoms with Gasteiger partial charge in [-0.1, -0.05) is 48.5 Å². The largest absolute Gasteiger partial charge is 0.495 e. The van der Waals surface area contributed by atoms with Gasteiger partial charge in [0.15, 0.2) is 0 Å². The van der Waals surface area contributed by atoms with E-state index in [1.54, 1.807) is 66.7 Å². The van der Waals surface area contributed by atoms with E-state index >= 15 is 0 Å². The molecule has 8 nitrogen and oxygen atoms in total. The summed E-state index contributed by atoms with van der Waals surface area (Å²) in [5, 5.41) is 5.11. The first-order chi connectivity index (χ1) is 17.0. The van der Waals surface area contributed by atoms with Crippen LogP contribution in [0.2, 0.25) is 0 Å². The van der Waals surface area contributed by atoms with E-state index in [1.165, 1.54) is 19.3 Å². The van der Waals surface area contributed by atoms with Crippen molar-refractivity contribution >= 4 is 29.6 Å². The van der Waals surface area contributed by atoms with Crippen LogP contribution in [-0.4, -0.2) is 36.4 Å². The van der Waals surface area contributed by atoms with Gasteiger partial charge < -0.3 is 20.1 Å². The van der Waals surface area contributed by atoms with Gasteiger partial charge in [0.1, 0.15) is 36.2 Å². The normalized spacial score (nSPS) is 14.1. The summed E-state index contributed by atoms with van der Waals surface area (Å²) in [5.74, 6) is -0.756. The number of imide groups is 1. The van der Waals surface area contributed by atoms with E-state index in [0.29, 0.717) is 28.3 Å². The molecule has 0 atom stereocenters. The number of hydrogen-bond acceptors (Lipinski definition) is 5. The van der Waals surface area contributed by atoms with Crippen molar-refractivity contribution in [3.63, 3.8) is 0 Å². The van der Waals surface area contributed by atoms with Crippen molar-refractivity contribution in [3.8, 4) is 11.5 Å². The lowest BCUT2D eigenvalue weighted by Gasteiger charge is -2.13. The van der Waals surface area contributed by atoms with Crippen LogP contribution in [0.5, 0.6) is 11.5 Å². The van der Waals surface area contributed by atoms with Crippen molar-refractivity contribution in [2.24, 2.45) is 0 Å². The second kappa shape index (κ2) is 10.5. The Morgan fingerprint density at radius 2 is 1.69 bits per heavy atom. The fourth-order valence-corrected chi connectivity index (χ4v) is 3.45. The van der Waals surface area contributed by atoms with Gasteiger partial charge in [0.25, 0.3) is 5.91 Å². The Balaban J connectivity index is 1.46. The summed E-state index contributed by atoms with van der Waals surface area (Å²) < 4.78 is 24.9. The highest BCUT2D eigenvalue weighted by Gasteiger charge is 2.35. The molecule has 9 heteroatoms. The van der Waals surface area contributed by atoms with Gasteiger partial charge in [-0.25, -0.2) is 14.1 Å². The van der Waals surface area contributed by atoms with Gasteiger partial charge in [0.05, 0.1) is 12.8 Å². The van der Waals surface area contributed by atoms with Crippen molar-refractivity contribution in [2.75, 3.05) is 19.0 Å². The van der Waals surface area contributed by atoms with Crippen molar-refractivity contribution in [3.05, 3.63) is 95.4 Å². The number of carbonyl (C=O) groups is 3. The number of para-hydroxylation sites is 3. The zero-order chi connectivity index (χ0) is 24.8. The summed E-state index contributed by atoms with van der Waals surface area (Å²) in [5.41, 5.74) is 1.30. The van der Waals surface area contributed by atoms with E-state index in [4.69, 9.17) is 9.47 Å². The standard InChI is InChI=1S/C26H22FN3O5/c1-34-23-13-7-5-11-20(23)28-24(31)15-30-25(32)21(29-26(30)33)14-17-8-3-6-12-22(17)35-16-18-9-2-4-10-19(18)27/h2-14H,15-16H2,1H3,(H,28,31)(H,29,33)/b21-14+. The summed E-state index contributed by atoms with van der Waals surface area (Å²) in [7, 11) is 1.47. The number of carbonyl (C=O) groups excluding carboxylic acids is 3. The van der Waals surface area contributed by atoms with E-state index < -0.39 is 24.4 Å². The van der Waals surface area contributed by atoms with Gasteiger partial charge in [0, 0.05) is 11.1 Å². The van der Waals surface area contributed by atoms with Gasteiger partial charge >= 0.3 is 6.03 Å². The molecule has 0 unspecified atom stereocenters. The number of nitrogens with zero attached hydrogens (tertiary/aromatic N) is 1. The average molecular weight is 475 g/mol. The Hall–Kier alpha value is -4.66. The molecule has 0 bridgehead atoms. The molecule has 1 fully saturated rings.